The Morgan fingerprint density at radius 3 is 1.24 bits per heavy atom. The van der Waals surface area contributed by atoms with Crippen molar-refractivity contribution in [3.05, 3.63) is 231 Å². The molecule has 4 heteroatoms. The Morgan fingerprint density at radius 1 is 0.258 bits per heavy atom. The average Bonchev–Trinajstić information content (AvgIpc) is 3.87. The van der Waals surface area contributed by atoms with E-state index in [2.05, 4.69) is 228 Å². The number of benzene rings is 9. The number of hydrogen-bond acceptors (Lipinski definition) is 2. The van der Waals surface area contributed by atoms with Gasteiger partial charge in [0, 0.05) is 49.6 Å². The van der Waals surface area contributed by atoms with Crippen molar-refractivity contribution in [2.24, 2.45) is 0 Å². The molecule has 0 saturated carbocycles. The topological polar surface area (TPSA) is 35.6 Å². The lowest BCUT2D eigenvalue weighted by Crippen LogP contribution is -1.98. The quantitative estimate of drug-likeness (QED) is 0.161. The highest BCUT2D eigenvalue weighted by atomic mass is 15.0. The molecule has 4 nitrogen and oxygen atoms in total. The van der Waals surface area contributed by atoms with Gasteiger partial charge in [-0.05, 0) is 82.9 Å². The summed E-state index contributed by atoms with van der Waals surface area (Å²) in [4.78, 5) is 10.3. The molecule has 0 bridgehead atoms. The van der Waals surface area contributed by atoms with Gasteiger partial charge in [-0.25, -0.2) is 9.97 Å². The van der Waals surface area contributed by atoms with E-state index in [-0.39, 0.29) is 0 Å². The molecule has 0 unspecified atom stereocenters. The van der Waals surface area contributed by atoms with Crippen molar-refractivity contribution in [1.29, 1.82) is 0 Å². The van der Waals surface area contributed by atoms with Crippen LogP contribution in [0.25, 0.3) is 111 Å². The van der Waals surface area contributed by atoms with Crippen molar-refractivity contribution in [2.45, 2.75) is 0 Å². The van der Waals surface area contributed by atoms with Gasteiger partial charge in [0.25, 0.3) is 0 Å². The summed E-state index contributed by atoms with van der Waals surface area (Å²) in [6, 6.07) is 82.2. The summed E-state index contributed by atoms with van der Waals surface area (Å²) in [6.45, 7) is 0. The third-order valence-electron chi connectivity index (χ3n) is 12.1. The second kappa shape index (κ2) is 14.7. The first-order valence-corrected chi connectivity index (χ1v) is 21.1. The molecule has 12 rings (SSSR count). The van der Waals surface area contributed by atoms with E-state index >= 15 is 0 Å². The molecule has 0 saturated heterocycles. The zero-order chi connectivity index (χ0) is 41.0. The van der Waals surface area contributed by atoms with Crippen LogP contribution in [0.1, 0.15) is 0 Å². The Morgan fingerprint density at radius 2 is 0.677 bits per heavy atom. The summed E-state index contributed by atoms with van der Waals surface area (Å²) in [5, 5.41) is 4.94. The van der Waals surface area contributed by atoms with E-state index in [1.165, 1.54) is 49.2 Å². The number of nitrogens with zero attached hydrogens (tertiary/aromatic N) is 4. The van der Waals surface area contributed by atoms with Gasteiger partial charge in [-0.1, -0.05) is 170 Å². The van der Waals surface area contributed by atoms with Crippen LogP contribution in [0.5, 0.6) is 0 Å². The Bertz CT molecular complexity index is 3520. The van der Waals surface area contributed by atoms with E-state index in [4.69, 9.17) is 9.97 Å². The number of para-hydroxylation sites is 3. The number of aromatic nitrogens is 4. The molecule has 0 aliphatic rings. The maximum atomic E-state index is 5.14. The number of hydrogen-bond donors (Lipinski definition) is 0. The first-order chi connectivity index (χ1) is 30.7. The maximum Gasteiger partial charge on any atom is 0.160 e. The van der Waals surface area contributed by atoms with Gasteiger partial charge in [0.1, 0.15) is 0 Å². The summed E-state index contributed by atoms with van der Waals surface area (Å²) in [6.07, 6.45) is 0. The molecule has 62 heavy (non-hydrogen) atoms. The van der Waals surface area contributed by atoms with E-state index in [9.17, 15) is 0 Å². The van der Waals surface area contributed by atoms with E-state index in [1.54, 1.807) is 0 Å². The molecule has 0 aliphatic carbocycles. The van der Waals surface area contributed by atoms with Crippen LogP contribution in [0.4, 0.5) is 0 Å². The molecule has 0 radical (unpaired) electrons. The van der Waals surface area contributed by atoms with E-state index in [0.717, 1.165) is 56.1 Å². The lowest BCUT2D eigenvalue weighted by Gasteiger charge is -2.14. The first kappa shape index (κ1) is 35.6. The van der Waals surface area contributed by atoms with Crippen LogP contribution < -0.4 is 0 Å². The van der Waals surface area contributed by atoms with Gasteiger partial charge < -0.3 is 9.13 Å². The summed E-state index contributed by atoms with van der Waals surface area (Å²) in [5.74, 6) is 0.695. The highest BCUT2D eigenvalue weighted by molar-refractivity contribution is 6.11. The summed E-state index contributed by atoms with van der Waals surface area (Å²) < 4.78 is 4.80. The molecular weight excluding hydrogens is 753 g/mol. The van der Waals surface area contributed by atoms with Crippen molar-refractivity contribution < 1.29 is 0 Å². The monoisotopic (exact) mass is 790 g/mol. The minimum Gasteiger partial charge on any atom is -0.309 e. The van der Waals surface area contributed by atoms with Crippen LogP contribution in [0, 0.1) is 0 Å². The van der Waals surface area contributed by atoms with Crippen LogP contribution in [-0.2, 0) is 0 Å². The highest BCUT2D eigenvalue weighted by Gasteiger charge is 2.18. The molecule has 12 aromatic rings. The molecule has 0 spiro atoms. The van der Waals surface area contributed by atoms with Crippen LogP contribution in [0.3, 0.4) is 0 Å². The van der Waals surface area contributed by atoms with Crippen LogP contribution in [0.15, 0.2) is 231 Å². The van der Waals surface area contributed by atoms with E-state index in [0.29, 0.717) is 5.82 Å². The zero-order valence-corrected chi connectivity index (χ0v) is 33.7. The molecule has 9 aromatic carbocycles. The third-order valence-corrected chi connectivity index (χ3v) is 12.1. The first-order valence-electron chi connectivity index (χ1n) is 21.1. The van der Waals surface area contributed by atoms with Crippen molar-refractivity contribution in [1.82, 2.24) is 19.1 Å². The molecule has 3 aromatic heterocycles. The van der Waals surface area contributed by atoms with Gasteiger partial charge in [-0.15, -0.1) is 0 Å². The molecule has 0 fully saturated rings. The SMILES string of the molecule is c1ccc(-c2cc(-c3ccccc3)nc(-c3cccc(-c4ccccc4-c4ccc5c(c4)c4ccccc4n5-c4cccc(-n5c6ccccc6c6ccccc65)c4)c3)n2)cc1. The van der Waals surface area contributed by atoms with Crippen molar-refractivity contribution in [2.75, 3.05) is 0 Å². The Balaban J connectivity index is 0.968. The molecule has 0 amide bonds. The molecule has 3 heterocycles. The fourth-order valence-electron chi connectivity index (χ4n) is 9.29. The predicted octanol–water partition coefficient (Wildman–Crippen LogP) is 15.0. The molecule has 0 atom stereocenters. The van der Waals surface area contributed by atoms with Gasteiger partial charge in [-0.3, -0.25) is 0 Å². The normalized spacial score (nSPS) is 11.5. The highest BCUT2D eigenvalue weighted by Crippen LogP contribution is 2.40. The second-order valence-corrected chi connectivity index (χ2v) is 15.8. The molecular formula is C58H38N4. The van der Waals surface area contributed by atoms with Crippen LogP contribution in [0.2, 0.25) is 0 Å². The smallest absolute Gasteiger partial charge is 0.160 e. The fraction of sp³-hybridized carbons (Fsp3) is 0. The number of fused-ring (bicyclic) bond motifs is 6. The van der Waals surface area contributed by atoms with Gasteiger partial charge in [0.2, 0.25) is 0 Å². The average molecular weight is 791 g/mol. The van der Waals surface area contributed by atoms with Crippen molar-refractivity contribution in [3.8, 4) is 67.5 Å². The Hall–Kier alpha value is -8.34. The predicted molar refractivity (Wildman–Crippen MR) is 258 cm³/mol. The van der Waals surface area contributed by atoms with Crippen molar-refractivity contribution >= 4 is 43.6 Å². The maximum absolute atomic E-state index is 5.14. The third kappa shape index (κ3) is 6.00. The largest absolute Gasteiger partial charge is 0.309 e. The summed E-state index contributed by atoms with van der Waals surface area (Å²) in [7, 11) is 0. The summed E-state index contributed by atoms with van der Waals surface area (Å²) in [5.41, 5.74) is 16.5. The Kier molecular flexibility index (Phi) is 8.46. The summed E-state index contributed by atoms with van der Waals surface area (Å²) >= 11 is 0. The molecule has 0 aliphatic heterocycles. The van der Waals surface area contributed by atoms with Crippen LogP contribution >= 0.6 is 0 Å². The Labute approximate surface area is 359 Å². The minimum absolute atomic E-state index is 0.695. The standard InChI is InChI=1S/C58H38N4/c1-3-17-39(18-4-1)52-38-53(40-19-5-2-6-20-40)60-58(59-52)43-22-15-21-41(35-43)46-25-7-8-26-47(46)42-33-34-57-51(36-42)50-29-11-14-32-56(50)62(57)45-24-16-23-44(37-45)61-54-30-12-9-27-48(54)49-28-10-13-31-55(49)61/h1-38H. The lowest BCUT2D eigenvalue weighted by molar-refractivity contribution is 1.13. The molecule has 0 N–H and O–H groups in total. The zero-order valence-electron chi connectivity index (χ0n) is 33.7. The minimum atomic E-state index is 0.695. The lowest BCUT2D eigenvalue weighted by atomic mass is 9.93. The fourth-order valence-corrected chi connectivity index (χ4v) is 9.29. The van der Waals surface area contributed by atoms with Gasteiger partial charge in [0.05, 0.1) is 33.5 Å². The van der Waals surface area contributed by atoms with Crippen molar-refractivity contribution in [3.63, 3.8) is 0 Å². The molecule has 290 valence electrons. The van der Waals surface area contributed by atoms with E-state index < -0.39 is 0 Å². The van der Waals surface area contributed by atoms with E-state index in [1.807, 2.05) is 12.1 Å². The van der Waals surface area contributed by atoms with Gasteiger partial charge in [-0.2, -0.15) is 0 Å². The second-order valence-electron chi connectivity index (χ2n) is 15.8. The van der Waals surface area contributed by atoms with Crippen LogP contribution in [-0.4, -0.2) is 19.1 Å². The van der Waals surface area contributed by atoms with Gasteiger partial charge >= 0.3 is 0 Å². The number of rotatable bonds is 7. The van der Waals surface area contributed by atoms with Gasteiger partial charge in [0.15, 0.2) is 5.82 Å².